The van der Waals surface area contributed by atoms with Crippen LogP contribution >= 0.6 is 0 Å². The smallest absolute Gasteiger partial charge is 0.134 e. The zero-order valence-corrected chi connectivity index (χ0v) is 10.8. The van der Waals surface area contributed by atoms with Crippen LogP contribution in [0.2, 0.25) is 0 Å². The van der Waals surface area contributed by atoms with Gasteiger partial charge in [0.15, 0.2) is 0 Å². The van der Waals surface area contributed by atoms with Crippen molar-refractivity contribution >= 4 is 5.78 Å². The molecule has 1 aliphatic heterocycles. The van der Waals surface area contributed by atoms with Crippen LogP contribution in [0.5, 0.6) is 0 Å². The summed E-state index contributed by atoms with van der Waals surface area (Å²) in [6.07, 6.45) is 3.04. The second-order valence-electron chi connectivity index (χ2n) is 5.20. The highest BCUT2D eigenvalue weighted by Crippen LogP contribution is 2.27. The van der Waals surface area contributed by atoms with E-state index in [-0.39, 0.29) is 5.78 Å². The van der Waals surface area contributed by atoms with E-state index in [1.807, 2.05) is 0 Å². The van der Waals surface area contributed by atoms with Crippen molar-refractivity contribution < 1.29 is 4.79 Å². The molecule has 1 aliphatic rings. The number of hydrogen-bond acceptors (Lipinski definition) is 2. The van der Waals surface area contributed by atoms with Crippen LogP contribution in [0.25, 0.3) is 0 Å². The quantitative estimate of drug-likeness (QED) is 0.797. The molecule has 0 bridgehead atoms. The van der Waals surface area contributed by atoms with Crippen molar-refractivity contribution in [2.45, 2.75) is 32.1 Å². The Bertz CT molecular complexity index is 392. The van der Waals surface area contributed by atoms with Crippen LogP contribution in [0.3, 0.4) is 0 Å². The fourth-order valence-electron chi connectivity index (χ4n) is 2.59. The number of carbonyl (C=O) groups excluding carboxylic acids is 1. The lowest BCUT2D eigenvalue weighted by atomic mass is 9.88. The number of piperidine rings is 1. The van der Waals surface area contributed by atoms with Gasteiger partial charge in [-0.1, -0.05) is 24.3 Å². The molecule has 0 unspecified atom stereocenters. The first-order valence-corrected chi connectivity index (χ1v) is 6.42. The van der Waals surface area contributed by atoms with Gasteiger partial charge in [0.2, 0.25) is 0 Å². The van der Waals surface area contributed by atoms with Crippen molar-refractivity contribution in [3.8, 4) is 0 Å². The Morgan fingerprint density at radius 3 is 2.71 bits per heavy atom. The molecular formula is C15H21NO. The summed E-state index contributed by atoms with van der Waals surface area (Å²) >= 11 is 0. The van der Waals surface area contributed by atoms with Gasteiger partial charge in [-0.3, -0.25) is 4.79 Å². The molecule has 2 rings (SSSR count). The topological polar surface area (TPSA) is 20.3 Å². The average molecular weight is 231 g/mol. The third-order valence-corrected chi connectivity index (χ3v) is 3.59. The highest BCUT2D eigenvalue weighted by Gasteiger charge is 2.18. The molecule has 0 amide bonds. The van der Waals surface area contributed by atoms with Gasteiger partial charge in [-0.2, -0.15) is 0 Å². The molecule has 0 N–H and O–H groups in total. The maximum absolute atomic E-state index is 11.1. The molecule has 1 heterocycles. The Morgan fingerprint density at radius 2 is 2.06 bits per heavy atom. The Morgan fingerprint density at radius 1 is 1.35 bits per heavy atom. The van der Waals surface area contributed by atoms with Gasteiger partial charge in [0.1, 0.15) is 5.78 Å². The highest BCUT2D eigenvalue weighted by molar-refractivity contribution is 5.78. The second kappa shape index (κ2) is 5.46. The fourth-order valence-corrected chi connectivity index (χ4v) is 2.59. The summed E-state index contributed by atoms with van der Waals surface area (Å²) in [4.78, 5) is 13.5. The van der Waals surface area contributed by atoms with Crippen LogP contribution in [0.1, 0.15) is 36.8 Å². The molecule has 2 nitrogen and oxygen atoms in total. The van der Waals surface area contributed by atoms with Crippen molar-refractivity contribution in [3.63, 3.8) is 0 Å². The van der Waals surface area contributed by atoms with E-state index in [0.717, 1.165) is 5.56 Å². The second-order valence-corrected chi connectivity index (χ2v) is 5.20. The summed E-state index contributed by atoms with van der Waals surface area (Å²) in [5.74, 6) is 0.920. The van der Waals surface area contributed by atoms with E-state index in [2.05, 4.69) is 36.2 Å². The summed E-state index contributed by atoms with van der Waals surface area (Å²) in [5.41, 5.74) is 2.57. The lowest BCUT2D eigenvalue weighted by Gasteiger charge is -2.29. The summed E-state index contributed by atoms with van der Waals surface area (Å²) in [7, 11) is 2.18. The maximum atomic E-state index is 11.1. The zero-order chi connectivity index (χ0) is 12.3. The standard InChI is InChI=1S/C15H21NO/c1-12(17)10-13-4-3-5-15(11-13)14-6-8-16(2)9-7-14/h3-5,11,14H,6-10H2,1-2H3. The van der Waals surface area contributed by atoms with Crippen molar-refractivity contribution in [1.82, 2.24) is 4.90 Å². The Balaban J connectivity index is 2.07. The highest BCUT2D eigenvalue weighted by atomic mass is 16.1. The van der Waals surface area contributed by atoms with Crippen LogP contribution in [0.4, 0.5) is 0 Å². The van der Waals surface area contributed by atoms with E-state index in [4.69, 9.17) is 0 Å². The molecule has 0 aliphatic carbocycles. The summed E-state index contributed by atoms with van der Waals surface area (Å²) in [6.45, 7) is 4.02. The average Bonchev–Trinajstić information content (AvgIpc) is 2.29. The number of carbonyl (C=O) groups is 1. The third kappa shape index (κ3) is 3.40. The SMILES string of the molecule is CC(=O)Cc1cccc(C2CCN(C)CC2)c1. The van der Waals surface area contributed by atoms with Gasteiger partial charge in [-0.25, -0.2) is 0 Å². The number of ketones is 1. The summed E-state index contributed by atoms with van der Waals surface area (Å²) in [6, 6.07) is 8.57. The molecule has 17 heavy (non-hydrogen) atoms. The molecule has 1 fully saturated rings. The number of likely N-dealkylation sites (tertiary alicyclic amines) is 1. The Hall–Kier alpha value is -1.15. The van der Waals surface area contributed by atoms with E-state index in [9.17, 15) is 4.79 Å². The Labute approximate surface area is 104 Å². The van der Waals surface area contributed by atoms with Gasteiger partial charge in [-0.05, 0) is 56.9 Å². The summed E-state index contributed by atoms with van der Waals surface area (Å²) in [5, 5.41) is 0. The first kappa shape index (κ1) is 12.3. The molecule has 0 atom stereocenters. The van der Waals surface area contributed by atoms with Gasteiger partial charge in [0.05, 0.1) is 0 Å². The van der Waals surface area contributed by atoms with Gasteiger partial charge < -0.3 is 4.90 Å². The van der Waals surface area contributed by atoms with Crippen LogP contribution in [-0.2, 0) is 11.2 Å². The predicted molar refractivity (Wildman–Crippen MR) is 70.3 cm³/mol. The molecule has 0 saturated carbocycles. The van der Waals surface area contributed by atoms with Gasteiger partial charge in [-0.15, -0.1) is 0 Å². The fraction of sp³-hybridized carbons (Fsp3) is 0.533. The molecule has 1 saturated heterocycles. The lowest BCUT2D eigenvalue weighted by Crippen LogP contribution is -2.29. The number of benzene rings is 1. The number of nitrogens with zero attached hydrogens (tertiary/aromatic N) is 1. The molecule has 1 aromatic carbocycles. The van der Waals surface area contributed by atoms with E-state index in [1.54, 1.807) is 6.92 Å². The van der Waals surface area contributed by atoms with Crippen LogP contribution in [0, 0.1) is 0 Å². The molecule has 0 aromatic heterocycles. The van der Waals surface area contributed by atoms with Crippen LogP contribution in [0.15, 0.2) is 24.3 Å². The minimum Gasteiger partial charge on any atom is -0.306 e. The number of Topliss-reactive ketones (excluding diaryl/α,β-unsaturated/α-hetero) is 1. The monoisotopic (exact) mass is 231 g/mol. The Kier molecular flexibility index (Phi) is 3.95. The normalized spacial score (nSPS) is 18.2. The first-order chi connectivity index (χ1) is 8.15. The van der Waals surface area contributed by atoms with Gasteiger partial charge in [0.25, 0.3) is 0 Å². The molecule has 92 valence electrons. The molecule has 1 aromatic rings. The molecule has 0 spiro atoms. The van der Waals surface area contributed by atoms with E-state index < -0.39 is 0 Å². The molecule has 0 radical (unpaired) electrons. The van der Waals surface area contributed by atoms with Crippen LogP contribution < -0.4 is 0 Å². The van der Waals surface area contributed by atoms with E-state index in [0.29, 0.717) is 12.3 Å². The van der Waals surface area contributed by atoms with Crippen molar-refractivity contribution in [2.24, 2.45) is 0 Å². The van der Waals surface area contributed by atoms with E-state index >= 15 is 0 Å². The number of rotatable bonds is 3. The van der Waals surface area contributed by atoms with Gasteiger partial charge >= 0.3 is 0 Å². The number of hydrogen-bond donors (Lipinski definition) is 0. The maximum Gasteiger partial charge on any atom is 0.134 e. The lowest BCUT2D eigenvalue weighted by molar-refractivity contribution is -0.116. The first-order valence-electron chi connectivity index (χ1n) is 6.42. The van der Waals surface area contributed by atoms with Crippen molar-refractivity contribution in [2.75, 3.05) is 20.1 Å². The molecule has 2 heteroatoms. The molecular weight excluding hydrogens is 210 g/mol. The van der Waals surface area contributed by atoms with E-state index in [1.165, 1.54) is 31.5 Å². The van der Waals surface area contributed by atoms with Crippen LogP contribution in [-0.4, -0.2) is 30.8 Å². The van der Waals surface area contributed by atoms with Crippen molar-refractivity contribution in [3.05, 3.63) is 35.4 Å². The van der Waals surface area contributed by atoms with Crippen molar-refractivity contribution in [1.29, 1.82) is 0 Å². The predicted octanol–water partition coefficient (Wildman–Crippen LogP) is 2.63. The minimum atomic E-state index is 0.241. The minimum absolute atomic E-state index is 0.241. The third-order valence-electron chi connectivity index (χ3n) is 3.59. The summed E-state index contributed by atoms with van der Waals surface area (Å²) < 4.78 is 0. The van der Waals surface area contributed by atoms with Gasteiger partial charge in [0, 0.05) is 6.42 Å². The largest absolute Gasteiger partial charge is 0.306 e. The zero-order valence-electron chi connectivity index (χ0n) is 10.8.